The largest absolute Gasteiger partial charge is 0.478 e. The number of aromatic amines is 1. The molecule has 0 saturated carbocycles. The fourth-order valence-corrected chi connectivity index (χ4v) is 1.95. The number of H-pyrrole nitrogens is 1. The molecule has 2 heterocycles. The van der Waals surface area contributed by atoms with Crippen LogP contribution in [-0.4, -0.2) is 26.0 Å². The van der Waals surface area contributed by atoms with E-state index in [1.807, 2.05) is 0 Å². The Morgan fingerprint density at radius 2 is 2.05 bits per heavy atom. The van der Waals surface area contributed by atoms with Crippen molar-refractivity contribution in [1.29, 1.82) is 0 Å². The lowest BCUT2D eigenvalue weighted by atomic mass is 10.1. The number of nitrogens with zero attached hydrogens (tertiary/aromatic N) is 2. The SMILES string of the molecule is O=C(O)c1cnc2nc(Cc3ccc(F)cc3)[nH]c2c1. The van der Waals surface area contributed by atoms with Crippen molar-refractivity contribution >= 4 is 17.1 Å². The third-order valence-electron chi connectivity index (χ3n) is 2.92. The van der Waals surface area contributed by atoms with E-state index in [-0.39, 0.29) is 11.4 Å². The van der Waals surface area contributed by atoms with Crippen molar-refractivity contribution in [1.82, 2.24) is 15.0 Å². The molecule has 0 fully saturated rings. The first-order valence-electron chi connectivity index (χ1n) is 5.94. The second-order valence-electron chi connectivity index (χ2n) is 4.39. The molecule has 1 aromatic carbocycles. The van der Waals surface area contributed by atoms with Crippen LogP contribution in [0.15, 0.2) is 36.5 Å². The summed E-state index contributed by atoms with van der Waals surface area (Å²) in [5, 5.41) is 8.90. The fraction of sp³-hybridized carbons (Fsp3) is 0.0714. The average Bonchev–Trinajstić information content (AvgIpc) is 2.82. The minimum absolute atomic E-state index is 0.106. The van der Waals surface area contributed by atoms with Crippen molar-refractivity contribution in [2.24, 2.45) is 0 Å². The minimum Gasteiger partial charge on any atom is -0.478 e. The van der Waals surface area contributed by atoms with Gasteiger partial charge in [-0.05, 0) is 23.8 Å². The number of imidazole rings is 1. The maximum Gasteiger partial charge on any atom is 0.337 e. The maximum absolute atomic E-state index is 12.8. The van der Waals surface area contributed by atoms with Crippen LogP contribution < -0.4 is 0 Å². The number of pyridine rings is 1. The number of carboxylic acid groups (broad SMARTS) is 1. The lowest BCUT2D eigenvalue weighted by molar-refractivity contribution is 0.0696. The van der Waals surface area contributed by atoms with Crippen LogP contribution in [0.5, 0.6) is 0 Å². The fourth-order valence-electron chi connectivity index (χ4n) is 1.95. The number of aromatic carboxylic acids is 1. The monoisotopic (exact) mass is 271 g/mol. The number of aromatic nitrogens is 3. The second-order valence-corrected chi connectivity index (χ2v) is 4.39. The summed E-state index contributed by atoms with van der Waals surface area (Å²) < 4.78 is 12.8. The molecular weight excluding hydrogens is 261 g/mol. The van der Waals surface area contributed by atoms with Gasteiger partial charge in [-0.3, -0.25) is 0 Å². The van der Waals surface area contributed by atoms with Crippen molar-refractivity contribution in [3.8, 4) is 0 Å². The van der Waals surface area contributed by atoms with E-state index in [0.29, 0.717) is 23.4 Å². The van der Waals surface area contributed by atoms with Crippen molar-refractivity contribution in [3.05, 3.63) is 59.3 Å². The highest BCUT2D eigenvalue weighted by Gasteiger charge is 2.09. The molecule has 3 rings (SSSR count). The summed E-state index contributed by atoms with van der Waals surface area (Å²) in [5.41, 5.74) is 2.05. The van der Waals surface area contributed by atoms with Crippen molar-refractivity contribution < 1.29 is 14.3 Å². The summed E-state index contributed by atoms with van der Waals surface area (Å²) >= 11 is 0. The number of carbonyl (C=O) groups is 1. The first-order chi connectivity index (χ1) is 9.61. The van der Waals surface area contributed by atoms with E-state index in [0.717, 1.165) is 5.56 Å². The van der Waals surface area contributed by atoms with Gasteiger partial charge in [-0.15, -0.1) is 0 Å². The standard InChI is InChI=1S/C14H10FN3O2/c15-10-3-1-8(2-4-10)5-12-17-11-6-9(14(19)20)7-16-13(11)18-12/h1-4,6-7H,5H2,(H,19,20)(H,16,17,18). The number of carboxylic acids is 1. The zero-order valence-corrected chi connectivity index (χ0v) is 10.3. The van der Waals surface area contributed by atoms with Gasteiger partial charge in [0, 0.05) is 12.6 Å². The van der Waals surface area contributed by atoms with Crippen molar-refractivity contribution in [2.45, 2.75) is 6.42 Å². The molecule has 0 atom stereocenters. The number of rotatable bonds is 3. The highest BCUT2D eigenvalue weighted by molar-refractivity contribution is 5.90. The Hall–Kier alpha value is -2.76. The van der Waals surface area contributed by atoms with Gasteiger partial charge in [0.05, 0.1) is 11.1 Å². The molecular formula is C14H10FN3O2. The Balaban J connectivity index is 1.92. The molecule has 0 amide bonds. The van der Waals surface area contributed by atoms with Gasteiger partial charge < -0.3 is 10.1 Å². The summed E-state index contributed by atoms with van der Waals surface area (Å²) in [6.07, 6.45) is 1.77. The van der Waals surface area contributed by atoms with Gasteiger partial charge >= 0.3 is 5.97 Å². The molecule has 0 saturated heterocycles. The predicted molar refractivity (Wildman–Crippen MR) is 70.1 cm³/mol. The van der Waals surface area contributed by atoms with E-state index in [1.54, 1.807) is 12.1 Å². The van der Waals surface area contributed by atoms with Gasteiger partial charge in [0.2, 0.25) is 0 Å². The number of halogens is 1. The molecule has 6 heteroatoms. The normalized spacial score (nSPS) is 10.8. The van der Waals surface area contributed by atoms with Gasteiger partial charge in [-0.2, -0.15) is 0 Å². The summed E-state index contributed by atoms with van der Waals surface area (Å²) in [6, 6.07) is 7.63. The summed E-state index contributed by atoms with van der Waals surface area (Å²) in [5.74, 6) is -0.665. The molecule has 5 nitrogen and oxygen atoms in total. The first-order valence-corrected chi connectivity index (χ1v) is 5.94. The molecule has 2 aromatic heterocycles. The Morgan fingerprint density at radius 3 is 2.75 bits per heavy atom. The van der Waals surface area contributed by atoms with E-state index in [2.05, 4.69) is 15.0 Å². The number of fused-ring (bicyclic) bond motifs is 1. The predicted octanol–water partition coefficient (Wildman–Crippen LogP) is 2.39. The van der Waals surface area contributed by atoms with Crippen LogP contribution in [0.3, 0.4) is 0 Å². The van der Waals surface area contributed by atoms with E-state index >= 15 is 0 Å². The number of nitrogens with one attached hydrogen (secondary N) is 1. The van der Waals surface area contributed by atoms with E-state index in [1.165, 1.54) is 24.4 Å². The minimum atomic E-state index is -1.03. The smallest absolute Gasteiger partial charge is 0.337 e. The second kappa shape index (κ2) is 4.73. The highest BCUT2D eigenvalue weighted by Crippen LogP contribution is 2.14. The molecule has 0 aliphatic carbocycles. The van der Waals surface area contributed by atoms with Gasteiger partial charge in [0.15, 0.2) is 5.65 Å². The molecule has 0 spiro atoms. The van der Waals surface area contributed by atoms with Crippen LogP contribution in [0.4, 0.5) is 4.39 Å². The van der Waals surface area contributed by atoms with E-state index < -0.39 is 5.97 Å². The summed E-state index contributed by atoms with van der Waals surface area (Å²) in [4.78, 5) is 22.2. The van der Waals surface area contributed by atoms with Crippen LogP contribution in [0.2, 0.25) is 0 Å². The van der Waals surface area contributed by atoms with Gasteiger partial charge in [0.1, 0.15) is 11.6 Å². The molecule has 20 heavy (non-hydrogen) atoms. The molecule has 100 valence electrons. The highest BCUT2D eigenvalue weighted by atomic mass is 19.1. The van der Waals surface area contributed by atoms with Crippen molar-refractivity contribution in [2.75, 3.05) is 0 Å². The summed E-state index contributed by atoms with van der Waals surface area (Å²) in [6.45, 7) is 0. The van der Waals surface area contributed by atoms with Crippen LogP contribution in [0.1, 0.15) is 21.7 Å². The van der Waals surface area contributed by atoms with Gasteiger partial charge in [-0.1, -0.05) is 12.1 Å². The number of benzene rings is 1. The molecule has 0 radical (unpaired) electrons. The Kier molecular flexibility index (Phi) is 2.90. The third kappa shape index (κ3) is 2.35. The topological polar surface area (TPSA) is 78.9 Å². The molecule has 0 unspecified atom stereocenters. The van der Waals surface area contributed by atoms with Crippen LogP contribution in [0, 0.1) is 5.82 Å². The maximum atomic E-state index is 12.8. The summed E-state index contributed by atoms with van der Waals surface area (Å²) in [7, 11) is 0. The van der Waals surface area contributed by atoms with E-state index in [4.69, 9.17) is 5.11 Å². The van der Waals surface area contributed by atoms with Crippen LogP contribution in [0.25, 0.3) is 11.2 Å². The zero-order valence-electron chi connectivity index (χ0n) is 10.3. The number of hydrogen-bond donors (Lipinski definition) is 2. The van der Waals surface area contributed by atoms with Gasteiger partial charge in [-0.25, -0.2) is 19.2 Å². The molecule has 2 N–H and O–H groups in total. The number of hydrogen-bond acceptors (Lipinski definition) is 3. The van der Waals surface area contributed by atoms with Crippen LogP contribution >= 0.6 is 0 Å². The average molecular weight is 271 g/mol. The quantitative estimate of drug-likeness (QED) is 0.766. The zero-order chi connectivity index (χ0) is 14.1. The first kappa shape index (κ1) is 12.3. The Labute approximate surface area is 113 Å². The van der Waals surface area contributed by atoms with Gasteiger partial charge in [0.25, 0.3) is 0 Å². The Bertz CT molecular complexity index is 781. The van der Waals surface area contributed by atoms with E-state index in [9.17, 15) is 9.18 Å². The molecule has 0 aliphatic rings. The lowest BCUT2D eigenvalue weighted by Gasteiger charge is -1.97. The van der Waals surface area contributed by atoms with Crippen LogP contribution in [-0.2, 0) is 6.42 Å². The third-order valence-corrected chi connectivity index (χ3v) is 2.92. The lowest BCUT2D eigenvalue weighted by Crippen LogP contribution is -1.96. The molecule has 0 bridgehead atoms. The van der Waals surface area contributed by atoms with Crippen molar-refractivity contribution in [3.63, 3.8) is 0 Å². The molecule has 3 aromatic rings. The molecule has 0 aliphatic heterocycles. The Morgan fingerprint density at radius 1 is 1.30 bits per heavy atom.